The Morgan fingerprint density at radius 2 is 1.94 bits per heavy atom. The summed E-state index contributed by atoms with van der Waals surface area (Å²) in [6.45, 7) is 8.33. The highest BCUT2D eigenvalue weighted by Crippen LogP contribution is 2.77. The first kappa shape index (κ1) is 21.9. The zero-order valence-corrected chi connectivity index (χ0v) is 19.9. The van der Waals surface area contributed by atoms with Crippen molar-refractivity contribution < 1.29 is 23.9 Å². The number of Topliss-reactive ketones (excluding diaryl/α,β-unsaturated/α-hetero) is 2. The third kappa shape index (κ3) is 2.46. The molecule has 4 saturated carbocycles. The molecule has 0 radical (unpaired) electrons. The van der Waals surface area contributed by atoms with Crippen LogP contribution < -0.4 is 0 Å². The van der Waals surface area contributed by atoms with E-state index in [-0.39, 0.29) is 53.0 Å². The molecular formula is C25H35ClO5. The molecule has 6 heteroatoms. The number of epoxide rings is 1. The molecule has 9 atom stereocenters. The number of esters is 1. The Labute approximate surface area is 189 Å². The molecule has 1 saturated heterocycles. The van der Waals surface area contributed by atoms with Crippen LogP contribution in [-0.2, 0) is 23.9 Å². The zero-order chi connectivity index (χ0) is 22.4. The quantitative estimate of drug-likeness (QED) is 0.359. The van der Waals surface area contributed by atoms with Crippen molar-refractivity contribution in [2.24, 2.45) is 34.5 Å². The van der Waals surface area contributed by atoms with E-state index in [2.05, 4.69) is 20.8 Å². The molecule has 0 N–H and O–H groups in total. The molecule has 31 heavy (non-hydrogen) atoms. The maximum Gasteiger partial charge on any atom is 0.306 e. The molecule has 0 bridgehead atoms. The second-order valence-corrected chi connectivity index (χ2v) is 11.7. The predicted octanol–water partition coefficient (Wildman–Crippen LogP) is 4.48. The van der Waals surface area contributed by atoms with Crippen molar-refractivity contribution in [2.45, 2.75) is 96.4 Å². The van der Waals surface area contributed by atoms with E-state index in [4.69, 9.17) is 21.1 Å². The molecule has 1 spiro atoms. The van der Waals surface area contributed by atoms with Gasteiger partial charge in [0.05, 0.1) is 12.0 Å². The summed E-state index contributed by atoms with van der Waals surface area (Å²) in [6.07, 6.45) is 6.16. The summed E-state index contributed by atoms with van der Waals surface area (Å²) in [4.78, 5) is 38.1. The number of carbonyl (C=O) groups is 3. The number of hydrogen-bond donors (Lipinski definition) is 0. The van der Waals surface area contributed by atoms with E-state index in [1.807, 2.05) is 0 Å². The van der Waals surface area contributed by atoms with Crippen molar-refractivity contribution in [1.82, 2.24) is 0 Å². The first-order valence-corrected chi connectivity index (χ1v) is 12.6. The number of carbonyl (C=O) groups excluding carboxylic acids is 3. The summed E-state index contributed by atoms with van der Waals surface area (Å²) in [5, 5.41) is 0. The van der Waals surface area contributed by atoms with E-state index in [0.29, 0.717) is 36.9 Å². The van der Waals surface area contributed by atoms with Gasteiger partial charge in [-0.3, -0.25) is 14.4 Å². The summed E-state index contributed by atoms with van der Waals surface area (Å²) < 4.78 is 12.8. The number of alkyl halides is 1. The lowest BCUT2D eigenvalue weighted by Crippen LogP contribution is -2.64. The Kier molecular flexibility index (Phi) is 4.79. The molecule has 2 unspecified atom stereocenters. The van der Waals surface area contributed by atoms with Crippen LogP contribution in [0.15, 0.2) is 0 Å². The summed E-state index contributed by atoms with van der Waals surface area (Å²) >= 11 is 6.11. The van der Waals surface area contributed by atoms with Gasteiger partial charge in [-0.15, -0.1) is 11.6 Å². The van der Waals surface area contributed by atoms with Crippen molar-refractivity contribution in [3.05, 3.63) is 0 Å². The normalized spacial score (nSPS) is 52.4. The number of rotatable bonds is 4. The van der Waals surface area contributed by atoms with Gasteiger partial charge in [0.2, 0.25) is 0 Å². The monoisotopic (exact) mass is 450 g/mol. The van der Waals surface area contributed by atoms with Gasteiger partial charge in [-0.05, 0) is 49.9 Å². The fourth-order valence-corrected chi connectivity index (χ4v) is 9.24. The van der Waals surface area contributed by atoms with Crippen molar-refractivity contribution in [3.63, 3.8) is 0 Å². The minimum Gasteiger partial charge on any atom is -0.450 e. The Hall–Kier alpha value is -0.940. The summed E-state index contributed by atoms with van der Waals surface area (Å²) in [5.74, 6) is 0.650. The highest BCUT2D eigenvalue weighted by Gasteiger charge is 2.83. The molecule has 1 aliphatic heterocycles. The van der Waals surface area contributed by atoms with Crippen molar-refractivity contribution in [2.75, 3.05) is 5.88 Å². The van der Waals surface area contributed by atoms with Gasteiger partial charge < -0.3 is 9.47 Å². The zero-order valence-electron chi connectivity index (χ0n) is 19.2. The predicted molar refractivity (Wildman–Crippen MR) is 116 cm³/mol. The van der Waals surface area contributed by atoms with Crippen molar-refractivity contribution in [1.29, 1.82) is 0 Å². The molecule has 0 amide bonds. The third-order valence-electron chi connectivity index (χ3n) is 10.5. The van der Waals surface area contributed by atoms with Crippen molar-refractivity contribution in [3.8, 4) is 0 Å². The SMILES string of the molecule is CCC(=O)O[C@@]1(C(=O)CCl)[C@@H](C)C[C@H]2[C@@H]3CC[C@@H]4CC(=O)CC[C@]4(C)C34OC4C[C@@]21C. The number of fused-ring (bicyclic) bond motifs is 3. The van der Waals surface area contributed by atoms with Gasteiger partial charge in [0.1, 0.15) is 11.4 Å². The highest BCUT2D eigenvalue weighted by atomic mass is 35.5. The number of hydrogen-bond acceptors (Lipinski definition) is 5. The first-order chi connectivity index (χ1) is 14.6. The largest absolute Gasteiger partial charge is 0.450 e. The lowest BCUT2D eigenvalue weighted by Gasteiger charge is -2.59. The van der Waals surface area contributed by atoms with Gasteiger partial charge in [-0.1, -0.05) is 27.7 Å². The smallest absolute Gasteiger partial charge is 0.306 e. The van der Waals surface area contributed by atoms with E-state index < -0.39 is 11.0 Å². The van der Waals surface area contributed by atoms with Crippen LogP contribution in [0.2, 0.25) is 0 Å². The molecule has 0 aromatic rings. The fourth-order valence-electron chi connectivity index (χ4n) is 9.04. The lowest BCUT2D eigenvalue weighted by molar-refractivity contribution is -0.193. The summed E-state index contributed by atoms with van der Waals surface area (Å²) in [6, 6.07) is 0. The van der Waals surface area contributed by atoms with E-state index in [0.717, 1.165) is 25.7 Å². The van der Waals surface area contributed by atoms with Gasteiger partial charge in [0, 0.05) is 36.0 Å². The van der Waals surface area contributed by atoms with Crippen LogP contribution in [0.4, 0.5) is 0 Å². The first-order valence-electron chi connectivity index (χ1n) is 12.1. The minimum atomic E-state index is -1.18. The van der Waals surface area contributed by atoms with Crippen LogP contribution in [0.1, 0.15) is 79.1 Å². The Bertz CT molecular complexity index is 842. The summed E-state index contributed by atoms with van der Waals surface area (Å²) in [5.41, 5.74) is -1.83. The van der Waals surface area contributed by atoms with Crippen LogP contribution >= 0.6 is 11.6 Å². The van der Waals surface area contributed by atoms with E-state index in [1.165, 1.54) is 0 Å². The molecule has 0 aromatic heterocycles. The molecular weight excluding hydrogens is 416 g/mol. The molecule has 0 aromatic carbocycles. The summed E-state index contributed by atoms with van der Waals surface area (Å²) in [7, 11) is 0. The van der Waals surface area contributed by atoms with Gasteiger partial charge >= 0.3 is 5.97 Å². The molecule has 5 fully saturated rings. The second kappa shape index (κ2) is 6.79. The van der Waals surface area contributed by atoms with E-state index in [9.17, 15) is 14.4 Å². The maximum absolute atomic E-state index is 13.4. The molecule has 1 heterocycles. The lowest BCUT2D eigenvalue weighted by atomic mass is 9.44. The van der Waals surface area contributed by atoms with Crippen LogP contribution in [0, 0.1) is 34.5 Å². The average molecular weight is 451 g/mol. The molecule has 5 nitrogen and oxygen atoms in total. The van der Waals surface area contributed by atoms with Gasteiger partial charge in [-0.2, -0.15) is 0 Å². The van der Waals surface area contributed by atoms with E-state index in [1.54, 1.807) is 6.92 Å². The van der Waals surface area contributed by atoms with Crippen molar-refractivity contribution >= 4 is 29.1 Å². The molecule has 172 valence electrons. The maximum atomic E-state index is 13.4. The van der Waals surface area contributed by atoms with Gasteiger partial charge in [0.25, 0.3) is 0 Å². The number of ether oxygens (including phenoxy) is 2. The van der Waals surface area contributed by atoms with E-state index >= 15 is 0 Å². The second-order valence-electron chi connectivity index (χ2n) is 11.4. The van der Waals surface area contributed by atoms with Crippen LogP contribution in [0.25, 0.3) is 0 Å². The van der Waals surface area contributed by atoms with Crippen LogP contribution in [0.3, 0.4) is 0 Å². The standard InChI is InChI=1S/C25H35ClO5/c1-5-21(29)31-24(19(28)13-26)14(2)10-18-17-7-6-15-11-16(27)8-9-22(15,3)25(17)20(30-25)12-23(18,24)4/h14-15,17-18,20H,5-13H2,1-4H3/t14-,15+,17-,18-,20?,22-,23-,24+,25?/m0/s1. The van der Waals surface area contributed by atoms with Gasteiger partial charge in [0.15, 0.2) is 11.4 Å². The Morgan fingerprint density at radius 3 is 2.61 bits per heavy atom. The third-order valence-corrected chi connectivity index (χ3v) is 10.7. The minimum absolute atomic E-state index is 0.0148. The molecule has 4 aliphatic carbocycles. The van der Waals surface area contributed by atoms with Gasteiger partial charge in [-0.25, -0.2) is 0 Å². The van der Waals surface area contributed by atoms with Crippen LogP contribution in [-0.4, -0.2) is 40.7 Å². The molecule has 5 rings (SSSR count). The average Bonchev–Trinajstić information content (AvgIpc) is 3.41. The topological polar surface area (TPSA) is 73.0 Å². The Balaban J connectivity index is 1.57. The molecule has 5 aliphatic rings. The number of halogens is 1. The van der Waals surface area contributed by atoms with Crippen LogP contribution in [0.5, 0.6) is 0 Å². The highest BCUT2D eigenvalue weighted by molar-refractivity contribution is 6.29. The number of ketones is 2. The fraction of sp³-hybridized carbons (Fsp3) is 0.880. The Morgan fingerprint density at radius 1 is 1.19 bits per heavy atom.